The Bertz CT molecular complexity index is 588. The van der Waals surface area contributed by atoms with Crippen molar-refractivity contribution in [2.75, 3.05) is 20.8 Å². The van der Waals surface area contributed by atoms with E-state index in [-0.39, 0.29) is 23.6 Å². The number of ether oxygens (including phenoxy) is 1. The van der Waals surface area contributed by atoms with Crippen molar-refractivity contribution in [2.45, 2.75) is 17.4 Å². The van der Waals surface area contributed by atoms with E-state index in [0.29, 0.717) is 5.56 Å². The molecule has 0 amide bonds. The molecule has 0 saturated carbocycles. The van der Waals surface area contributed by atoms with Crippen LogP contribution in [-0.2, 0) is 21.2 Å². The van der Waals surface area contributed by atoms with Crippen molar-refractivity contribution in [3.8, 4) is 0 Å². The molecule has 0 aliphatic rings. The third-order valence-electron chi connectivity index (χ3n) is 2.70. The molecule has 1 rings (SSSR count). The van der Waals surface area contributed by atoms with Crippen LogP contribution in [0.15, 0.2) is 23.1 Å². The Morgan fingerprint density at radius 2 is 2.15 bits per heavy atom. The maximum absolute atomic E-state index is 11.6. The molecule has 0 saturated heterocycles. The summed E-state index contributed by atoms with van der Waals surface area (Å²) in [5.74, 6) is 0. The molecular weight excluding hydrogens is 286 g/mol. The molecule has 0 aliphatic carbocycles. The standard InChI is InChI=1S/C11H17N3O5S/c1-13-20(17,18)10-4-3-8(5-9(12)7-19-2)11(6-10)14(15)16/h3-4,6,9,13H,5,7,12H2,1-2H3. The summed E-state index contributed by atoms with van der Waals surface area (Å²) in [4.78, 5) is 10.3. The molecule has 0 aliphatic heterocycles. The minimum absolute atomic E-state index is 0.157. The Kier molecular flexibility index (Phi) is 5.57. The summed E-state index contributed by atoms with van der Waals surface area (Å²) in [5.41, 5.74) is 5.86. The lowest BCUT2D eigenvalue weighted by Gasteiger charge is -2.11. The third kappa shape index (κ3) is 3.97. The summed E-state index contributed by atoms with van der Waals surface area (Å²) in [5, 5.41) is 11.0. The van der Waals surface area contributed by atoms with E-state index in [2.05, 4.69) is 4.72 Å². The van der Waals surface area contributed by atoms with Gasteiger partial charge in [0.2, 0.25) is 10.0 Å². The molecule has 9 heteroatoms. The number of sulfonamides is 1. The van der Waals surface area contributed by atoms with Crippen molar-refractivity contribution >= 4 is 15.7 Å². The van der Waals surface area contributed by atoms with Gasteiger partial charge in [-0.05, 0) is 19.5 Å². The van der Waals surface area contributed by atoms with Crippen LogP contribution in [0.25, 0.3) is 0 Å². The van der Waals surface area contributed by atoms with Crippen LogP contribution in [0.2, 0.25) is 0 Å². The van der Waals surface area contributed by atoms with E-state index >= 15 is 0 Å². The van der Waals surface area contributed by atoms with E-state index in [4.69, 9.17) is 10.5 Å². The average Bonchev–Trinajstić information content (AvgIpc) is 2.38. The molecule has 112 valence electrons. The van der Waals surface area contributed by atoms with E-state index in [1.165, 1.54) is 26.3 Å². The lowest BCUT2D eigenvalue weighted by molar-refractivity contribution is -0.385. The second-order valence-electron chi connectivity index (χ2n) is 4.17. The number of nitrogens with two attached hydrogens (primary N) is 1. The predicted molar refractivity (Wildman–Crippen MR) is 72.9 cm³/mol. The first-order chi connectivity index (χ1) is 9.31. The fraction of sp³-hybridized carbons (Fsp3) is 0.455. The third-order valence-corrected chi connectivity index (χ3v) is 4.11. The van der Waals surface area contributed by atoms with E-state index in [1.807, 2.05) is 0 Å². The molecule has 0 bridgehead atoms. The van der Waals surface area contributed by atoms with Gasteiger partial charge in [-0.1, -0.05) is 6.07 Å². The number of methoxy groups -OCH3 is 1. The zero-order valence-corrected chi connectivity index (χ0v) is 12.0. The Morgan fingerprint density at radius 3 is 2.65 bits per heavy atom. The van der Waals surface area contributed by atoms with Crippen molar-refractivity contribution < 1.29 is 18.1 Å². The van der Waals surface area contributed by atoms with Crippen LogP contribution in [-0.4, -0.2) is 40.1 Å². The van der Waals surface area contributed by atoms with E-state index in [1.54, 1.807) is 0 Å². The Morgan fingerprint density at radius 1 is 1.50 bits per heavy atom. The number of nitro groups is 1. The molecule has 0 aromatic heterocycles. The lowest BCUT2D eigenvalue weighted by Crippen LogP contribution is -2.28. The van der Waals surface area contributed by atoms with Crippen LogP contribution in [0, 0.1) is 10.1 Å². The number of nitro benzene ring substituents is 1. The van der Waals surface area contributed by atoms with Crippen molar-refractivity contribution in [3.05, 3.63) is 33.9 Å². The van der Waals surface area contributed by atoms with Gasteiger partial charge < -0.3 is 10.5 Å². The Balaban J connectivity index is 3.18. The smallest absolute Gasteiger partial charge is 0.273 e. The molecule has 20 heavy (non-hydrogen) atoms. The van der Waals surface area contributed by atoms with E-state index < -0.39 is 21.0 Å². The van der Waals surface area contributed by atoms with Gasteiger partial charge in [0, 0.05) is 24.8 Å². The molecule has 0 heterocycles. The molecule has 1 aromatic rings. The van der Waals surface area contributed by atoms with Crippen molar-refractivity contribution in [1.29, 1.82) is 0 Å². The van der Waals surface area contributed by atoms with E-state index in [0.717, 1.165) is 6.07 Å². The van der Waals surface area contributed by atoms with Crippen molar-refractivity contribution in [2.24, 2.45) is 5.73 Å². The molecular formula is C11H17N3O5S. The molecule has 0 radical (unpaired) electrons. The molecule has 1 unspecified atom stereocenters. The van der Waals surface area contributed by atoms with Gasteiger partial charge in [0.05, 0.1) is 16.4 Å². The average molecular weight is 303 g/mol. The van der Waals surface area contributed by atoms with Gasteiger partial charge in [-0.15, -0.1) is 0 Å². The van der Waals surface area contributed by atoms with Gasteiger partial charge in [-0.3, -0.25) is 10.1 Å². The highest BCUT2D eigenvalue weighted by molar-refractivity contribution is 7.89. The first-order valence-electron chi connectivity index (χ1n) is 5.77. The van der Waals surface area contributed by atoms with Gasteiger partial charge in [0.1, 0.15) is 0 Å². The molecule has 1 aromatic carbocycles. The summed E-state index contributed by atoms with van der Waals surface area (Å²) in [7, 11) is -0.997. The second kappa shape index (κ2) is 6.75. The van der Waals surface area contributed by atoms with Gasteiger partial charge >= 0.3 is 0 Å². The van der Waals surface area contributed by atoms with Gasteiger partial charge in [0.25, 0.3) is 5.69 Å². The predicted octanol–water partition coefficient (Wildman–Crippen LogP) is 0.0191. The quantitative estimate of drug-likeness (QED) is 0.540. The summed E-state index contributed by atoms with van der Waals surface area (Å²) < 4.78 is 30.2. The number of hydrogen-bond donors (Lipinski definition) is 2. The van der Waals surface area contributed by atoms with E-state index in [9.17, 15) is 18.5 Å². The second-order valence-corrected chi connectivity index (χ2v) is 6.06. The summed E-state index contributed by atoms with van der Waals surface area (Å²) in [6.07, 6.45) is 0.226. The zero-order chi connectivity index (χ0) is 15.3. The minimum atomic E-state index is -3.72. The summed E-state index contributed by atoms with van der Waals surface area (Å²) in [6.45, 7) is 0.258. The van der Waals surface area contributed by atoms with Gasteiger partial charge in [0.15, 0.2) is 0 Å². The van der Waals surface area contributed by atoms with Crippen LogP contribution < -0.4 is 10.5 Å². The maximum atomic E-state index is 11.6. The monoisotopic (exact) mass is 303 g/mol. The zero-order valence-electron chi connectivity index (χ0n) is 11.2. The maximum Gasteiger partial charge on any atom is 0.273 e. The number of nitrogens with one attached hydrogen (secondary N) is 1. The lowest BCUT2D eigenvalue weighted by atomic mass is 10.1. The summed E-state index contributed by atoms with van der Waals surface area (Å²) >= 11 is 0. The molecule has 0 fully saturated rings. The van der Waals surface area contributed by atoms with Gasteiger partial charge in [-0.2, -0.15) is 0 Å². The summed E-state index contributed by atoms with van der Waals surface area (Å²) in [6, 6.07) is 3.34. The van der Waals surface area contributed by atoms with Crippen LogP contribution in [0.4, 0.5) is 5.69 Å². The fourth-order valence-corrected chi connectivity index (χ4v) is 2.48. The van der Waals surface area contributed by atoms with Crippen LogP contribution in [0.1, 0.15) is 5.56 Å². The molecule has 3 N–H and O–H groups in total. The Labute approximate surface area is 117 Å². The number of rotatable bonds is 7. The molecule has 0 spiro atoms. The number of nitrogens with zero attached hydrogens (tertiary/aromatic N) is 1. The Hall–Kier alpha value is -1.55. The van der Waals surface area contributed by atoms with Crippen LogP contribution >= 0.6 is 0 Å². The topological polar surface area (TPSA) is 125 Å². The normalized spacial score (nSPS) is 13.2. The highest BCUT2D eigenvalue weighted by Crippen LogP contribution is 2.24. The number of hydrogen-bond acceptors (Lipinski definition) is 6. The fourth-order valence-electron chi connectivity index (χ4n) is 1.73. The largest absolute Gasteiger partial charge is 0.383 e. The number of benzene rings is 1. The van der Waals surface area contributed by atoms with Crippen LogP contribution in [0.5, 0.6) is 0 Å². The van der Waals surface area contributed by atoms with Crippen molar-refractivity contribution in [3.63, 3.8) is 0 Å². The highest BCUT2D eigenvalue weighted by atomic mass is 32.2. The highest BCUT2D eigenvalue weighted by Gasteiger charge is 2.21. The SMILES string of the molecule is CNS(=O)(=O)c1ccc(CC(N)COC)c([N+](=O)[O-])c1. The van der Waals surface area contributed by atoms with Crippen molar-refractivity contribution in [1.82, 2.24) is 4.72 Å². The van der Waals surface area contributed by atoms with Gasteiger partial charge in [-0.25, -0.2) is 13.1 Å². The molecule has 8 nitrogen and oxygen atoms in total. The first-order valence-corrected chi connectivity index (χ1v) is 7.25. The molecule has 1 atom stereocenters. The minimum Gasteiger partial charge on any atom is -0.383 e. The van der Waals surface area contributed by atoms with Crippen LogP contribution in [0.3, 0.4) is 0 Å². The first kappa shape index (κ1) is 16.5.